The summed E-state index contributed by atoms with van der Waals surface area (Å²) in [5, 5.41) is -0.216. The molecule has 0 aromatic heterocycles. The minimum absolute atomic E-state index is 0.0901. The quantitative estimate of drug-likeness (QED) is 0.456. The Morgan fingerprint density at radius 3 is 2.39 bits per heavy atom. The Balaban J connectivity index is 1.61. The lowest BCUT2D eigenvalue weighted by Crippen LogP contribution is -2.53. The van der Waals surface area contributed by atoms with Crippen molar-refractivity contribution in [1.29, 1.82) is 0 Å². The molecule has 2 heterocycles. The number of sulfone groups is 1. The zero-order valence-electron chi connectivity index (χ0n) is 19.2. The highest BCUT2D eigenvalue weighted by molar-refractivity contribution is 7.92. The second-order valence-corrected chi connectivity index (χ2v) is 14.8. The van der Waals surface area contributed by atoms with E-state index in [1.165, 1.54) is 28.6 Å². The van der Waals surface area contributed by atoms with Gasteiger partial charge in [0.05, 0.1) is 27.8 Å². The molecule has 3 atom stereocenters. The number of benzene rings is 2. The van der Waals surface area contributed by atoms with Crippen molar-refractivity contribution in [1.82, 2.24) is 4.31 Å². The molecule has 0 N–H and O–H groups in total. The van der Waals surface area contributed by atoms with Gasteiger partial charge in [-0.1, -0.05) is 23.2 Å². The number of halogens is 4. The molecule has 2 aromatic rings. The maximum atomic E-state index is 15.6. The monoisotopic (exact) mass is 579 g/mol. The van der Waals surface area contributed by atoms with Crippen LogP contribution in [0.15, 0.2) is 35.2 Å². The summed E-state index contributed by atoms with van der Waals surface area (Å²) >= 11 is 11.9. The Morgan fingerprint density at radius 2 is 1.72 bits per heavy atom. The topological polar surface area (TPSA) is 80.8 Å². The highest BCUT2D eigenvalue weighted by atomic mass is 35.5. The molecular weight excluding hydrogens is 555 g/mol. The molecule has 0 spiro atoms. The first-order valence-corrected chi connectivity index (χ1v) is 15.6. The third-order valence-corrected chi connectivity index (χ3v) is 12.9. The van der Waals surface area contributed by atoms with Crippen LogP contribution in [0.4, 0.5) is 8.78 Å². The summed E-state index contributed by atoms with van der Waals surface area (Å²) in [7, 11) is -7.84. The van der Waals surface area contributed by atoms with E-state index < -0.39 is 58.5 Å². The van der Waals surface area contributed by atoms with Crippen molar-refractivity contribution in [2.75, 3.05) is 25.4 Å². The van der Waals surface area contributed by atoms with Crippen LogP contribution in [0.25, 0.3) is 0 Å². The molecule has 2 aliphatic heterocycles. The first kappa shape index (κ1) is 26.2. The minimum atomic E-state index is -4.32. The van der Waals surface area contributed by atoms with Crippen LogP contribution in [0.5, 0.6) is 5.75 Å². The number of nitrogens with zero attached hydrogens (tertiary/aromatic N) is 1. The molecule has 12 heteroatoms. The maximum absolute atomic E-state index is 15.6. The Labute approximate surface area is 219 Å². The van der Waals surface area contributed by atoms with Gasteiger partial charge in [0.1, 0.15) is 4.75 Å². The fourth-order valence-corrected chi connectivity index (χ4v) is 10.6. The number of rotatable bonds is 5. The predicted octanol–water partition coefficient (Wildman–Crippen LogP) is 5.18. The molecule has 1 aliphatic carbocycles. The van der Waals surface area contributed by atoms with Crippen LogP contribution < -0.4 is 4.74 Å². The molecule has 1 saturated heterocycles. The van der Waals surface area contributed by atoms with E-state index in [0.29, 0.717) is 18.1 Å². The van der Waals surface area contributed by atoms with Crippen molar-refractivity contribution in [3.05, 3.63) is 57.6 Å². The van der Waals surface area contributed by atoms with Gasteiger partial charge < -0.3 is 4.74 Å². The number of hydrogen-bond acceptors (Lipinski definition) is 5. The van der Waals surface area contributed by atoms with Crippen molar-refractivity contribution in [3.8, 4) is 5.75 Å². The maximum Gasteiger partial charge on any atom is 0.214 e. The zero-order valence-corrected chi connectivity index (χ0v) is 22.4. The standard InChI is InChI=1S/C24H25Cl2F2NO5S2/c25-17-3-5-18(6-4-17)36(32,33)24-8-7-15(14-35(30,31)29-9-1-2-10-29)11-16(24)13-34-23-20(27)12-19(26)22(28)21(23)24/h3-6,12,15-16H,1-2,7-11,13-14H2/t15-,16-,24?/m0/s1. The molecule has 2 aromatic carbocycles. The number of ether oxygens (including phenoxy) is 1. The summed E-state index contributed by atoms with van der Waals surface area (Å²) in [6.07, 6.45) is 1.88. The smallest absolute Gasteiger partial charge is 0.214 e. The van der Waals surface area contributed by atoms with Crippen molar-refractivity contribution in [2.24, 2.45) is 11.8 Å². The predicted molar refractivity (Wildman–Crippen MR) is 133 cm³/mol. The summed E-state index contributed by atoms with van der Waals surface area (Å²) in [5.74, 6) is -3.75. The highest BCUT2D eigenvalue weighted by Crippen LogP contribution is 2.58. The molecule has 196 valence electrons. The highest BCUT2D eigenvalue weighted by Gasteiger charge is 2.60. The number of hydrogen-bond donors (Lipinski definition) is 0. The van der Waals surface area contributed by atoms with Crippen LogP contribution in [0.3, 0.4) is 0 Å². The molecule has 36 heavy (non-hydrogen) atoms. The normalized spacial score (nSPS) is 26.8. The molecule has 5 rings (SSSR count). The van der Waals surface area contributed by atoms with E-state index in [2.05, 4.69) is 0 Å². The number of sulfonamides is 1. The van der Waals surface area contributed by atoms with Gasteiger partial charge in [-0.2, -0.15) is 0 Å². The Morgan fingerprint density at radius 1 is 1.06 bits per heavy atom. The fourth-order valence-electron chi connectivity index (χ4n) is 5.98. The van der Waals surface area contributed by atoms with Gasteiger partial charge in [0.15, 0.2) is 27.2 Å². The molecule has 0 radical (unpaired) electrons. The van der Waals surface area contributed by atoms with Gasteiger partial charge in [0.25, 0.3) is 0 Å². The lowest BCUT2D eigenvalue weighted by atomic mass is 9.69. The molecule has 2 fully saturated rings. The van der Waals surface area contributed by atoms with Crippen molar-refractivity contribution < 1.29 is 30.4 Å². The van der Waals surface area contributed by atoms with Gasteiger partial charge in [-0.25, -0.2) is 29.9 Å². The molecule has 3 aliphatic rings. The third-order valence-electron chi connectivity index (χ3n) is 7.69. The van der Waals surface area contributed by atoms with Gasteiger partial charge in [-0.15, -0.1) is 0 Å². The molecule has 0 bridgehead atoms. The minimum Gasteiger partial charge on any atom is -0.490 e. The van der Waals surface area contributed by atoms with E-state index in [0.717, 1.165) is 18.9 Å². The van der Waals surface area contributed by atoms with Gasteiger partial charge in [0, 0.05) is 24.0 Å². The van der Waals surface area contributed by atoms with E-state index in [1.54, 1.807) is 0 Å². The lowest BCUT2D eigenvalue weighted by Gasteiger charge is -2.49. The van der Waals surface area contributed by atoms with Gasteiger partial charge in [-0.05, 0) is 68.4 Å². The van der Waals surface area contributed by atoms with E-state index >= 15 is 4.39 Å². The zero-order chi connectivity index (χ0) is 25.9. The summed E-state index contributed by atoms with van der Waals surface area (Å²) in [4.78, 5) is -0.0901. The van der Waals surface area contributed by atoms with Gasteiger partial charge in [-0.3, -0.25) is 0 Å². The SMILES string of the molecule is O=S(=O)(C[C@H]1CCC2(S(=O)(=O)c3ccc(Cl)cc3)c3c(F)c(Cl)cc(F)c3OC[C@@H]2C1)N1CCCC1. The molecule has 1 saturated carbocycles. The largest absolute Gasteiger partial charge is 0.490 e. The van der Waals surface area contributed by atoms with Gasteiger partial charge >= 0.3 is 0 Å². The molecular formula is C24H25Cl2F2NO5S2. The third kappa shape index (κ3) is 4.13. The first-order chi connectivity index (χ1) is 17.0. The number of fused-ring (bicyclic) bond motifs is 3. The molecule has 6 nitrogen and oxygen atoms in total. The fraction of sp³-hybridized carbons (Fsp3) is 0.500. The van der Waals surface area contributed by atoms with Gasteiger partial charge in [0.2, 0.25) is 10.0 Å². The Kier molecular flexibility index (Phi) is 6.81. The first-order valence-electron chi connectivity index (χ1n) is 11.8. The summed E-state index contributed by atoms with van der Waals surface area (Å²) in [6, 6.07) is 6.28. The summed E-state index contributed by atoms with van der Waals surface area (Å²) < 4.78 is 90.1. The second kappa shape index (κ2) is 9.38. The van der Waals surface area contributed by atoms with E-state index in [4.69, 9.17) is 27.9 Å². The summed E-state index contributed by atoms with van der Waals surface area (Å²) in [5.41, 5.74) is -0.417. The lowest BCUT2D eigenvalue weighted by molar-refractivity contribution is 0.103. The molecule has 1 unspecified atom stereocenters. The Bertz CT molecular complexity index is 1400. The van der Waals surface area contributed by atoms with Crippen molar-refractivity contribution in [3.63, 3.8) is 0 Å². The average molecular weight is 581 g/mol. The van der Waals surface area contributed by atoms with E-state index in [1.807, 2.05) is 0 Å². The van der Waals surface area contributed by atoms with Crippen LogP contribution in [0.2, 0.25) is 10.0 Å². The second-order valence-electron chi connectivity index (χ2n) is 9.74. The van der Waals surface area contributed by atoms with Crippen LogP contribution in [-0.4, -0.2) is 46.6 Å². The van der Waals surface area contributed by atoms with Crippen LogP contribution in [0, 0.1) is 23.5 Å². The van der Waals surface area contributed by atoms with Crippen molar-refractivity contribution >= 4 is 43.1 Å². The average Bonchev–Trinajstić information content (AvgIpc) is 3.38. The van der Waals surface area contributed by atoms with Crippen LogP contribution in [0.1, 0.15) is 37.7 Å². The molecule has 0 amide bonds. The van der Waals surface area contributed by atoms with Crippen LogP contribution in [-0.2, 0) is 24.6 Å². The van der Waals surface area contributed by atoms with Crippen molar-refractivity contribution in [2.45, 2.75) is 41.7 Å². The van der Waals surface area contributed by atoms with E-state index in [-0.39, 0.29) is 42.4 Å². The van der Waals surface area contributed by atoms with E-state index in [9.17, 15) is 21.2 Å². The Hall–Kier alpha value is -1.46. The summed E-state index contributed by atoms with van der Waals surface area (Å²) in [6.45, 7) is 0.762. The van der Waals surface area contributed by atoms with Crippen LogP contribution >= 0.6 is 23.2 Å².